The largest absolute Gasteiger partial charge is 0.334 e. The summed E-state index contributed by atoms with van der Waals surface area (Å²) in [6.07, 6.45) is 4.72. The first-order valence-electron chi connectivity index (χ1n) is 8.91. The van der Waals surface area contributed by atoms with Gasteiger partial charge in [-0.1, -0.05) is 19.0 Å². The minimum Gasteiger partial charge on any atom is -0.334 e. The van der Waals surface area contributed by atoms with Gasteiger partial charge in [0.25, 0.3) is 11.8 Å². The lowest BCUT2D eigenvalue weighted by molar-refractivity contribution is 0.229. The predicted octanol–water partition coefficient (Wildman–Crippen LogP) is 2.79. The van der Waals surface area contributed by atoms with Crippen molar-refractivity contribution in [1.29, 1.82) is 0 Å². The van der Waals surface area contributed by atoms with Gasteiger partial charge in [-0.05, 0) is 45.1 Å². The van der Waals surface area contributed by atoms with Crippen LogP contribution < -0.4 is 5.73 Å². The van der Waals surface area contributed by atoms with Crippen molar-refractivity contribution >= 4 is 0 Å². The minimum atomic E-state index is -0.452. The van der Waals surface area contributed by atoms with Gasteiger partial charge in [-0.15, -0.1) is 0 Å². The lowest BCUT2D eigenvalue weighted by Crippen LogP contribution is -2.44. The number of nitrogens with two attached hydrogens (primary N) is 1. The van der Waals surface area contributed by atoms with Crippen LogP contribution in [0.5, 0.6) is 0 Å². The van der Waals surface area contributed by atoms with Crippen molar-refractivity contribution < 1.29 is 4.52 Å². The van der Waals surface area contributed by atoms with E-state index in [4.69, 9.17) is 10.3 Å². The Balaban J connectivity index is 1.77. The summed E-state index contributed by atoms with van der Waals surface area (Å²) < 4.78 is 7.20. The van der Waals surface area contributed by atoms with Crippen molar-refractivity contribution in [2.75, 3.05) is 0 Å². The Morgan fingerprint density at radius 2 is 1.85 bits per heavy atom. The molecule has 26 heavy (non-hydrogen) atoms. The first-order valence-corrected chi connectivity index (χ1v) is 8.91. The number of hydrogen-bond acceptors (Lipinski definition) is 7. The highest BCUT2D eigenvalue weighted by Gasteiger charge is 2.39. The molecule has 2 N–H and O–H groups in total. The molecule has 3 heterocycles. The Bertz CT molecular complexity index is 932. The van der Waals surface area contributed by atoms with Gasteiger partial charge < -0.3 is 10.3 Å². The second-order valence-corrected chi connectivity index (χ2v) is 7.41. The van der Waals surface area contributed by atoms with Gasteiger partial charge in [0, 0.05) is 17.6 Å². The van der Waals surface area contributed by atoms with E-state index in [0.29, 0.717) is 17.7 Å². The standard InChI is InChI=1S/C18H23N7O/c1-10(2)14-13(15-22-16(24-26-15)18(19)6-5-7-18)9-25(23-14)17-20-11(3)8-12(4)21-17/h8-10H,5-7,19H2,1-4H3. The zero-order valence-corrected chi connectivity index (χ0v) is 15.5. The molecule has 1 aliphatic rings. The summed E-state index contributed by atoms with van der Waals surface area (Å²) in [5, 5.41) is 8.79. The highest BCUT2D eigenvalue weighted by atomic mass is 16.5. The fourth-order valence-electron chi connectivity index (χ4n) is 3.21. The van der Waals surface area contributed by atoms with Crippen LogP contribution >= 0.6 is 0 Å². The molecular weight excluding hydrogens is 330 g/mol. The smallest absolute Gasteiger partial charge is 0.261 e. The highest BCUT2D eigenvalue weighted by Crippen LogP contribution is 2.38. The van der Waals surface area contributed by atoms with Gasteiger partial charge in [-0.2, -0.15) is 10.1 Å². The van der Waals surface area contributed by atoms with Crippen molar-refractivity contribution in [2.45, 2.75) is 58.4 Å². The van der Waals surface area contributed by atoms with E-state index in [1.54, 1.807) is 4.68 Å². The van der Waals surface area contributed by atoms with Crippen LogP contribution in [-0.4, -0.2) is 29.9 Å². The second-order valence-electron chi connectivity index (χ2n) is 7.41. The van der Waals surface area contributed by atoms with Crippen LogP contribution in [0.4, 0.5) is 0 Å². The molecule has 136 valence electrons. The summed E-state index contributed by atoms with van der Waals surface area (Å²) in [4.78, 5) is 13.5. The van der Waals surface area contributed by atoms with Gasteiger partial charge in [0.1, 0.15) is 0 Å². The quantitative estimate of drug-likeness (QED) is 0.768. The van der Waals surface area contributed by atoms with Crippen LogP contribution in [0.1, 0.15) is 61.9 Å². The second kappa shape index (κ2) is 5.98. The summed E-state index contributed by atoms with van der Waals surface area (Å²) in [5.74, 6) is 1.73. The summed E-state index contributed by atoms with van der Waals surface area (Å²) in [6.45, 7) is 8.03. The summed E-state index contributed by atoms with van der Waals surface area (Å²) >= 11 is 0. The number of rotatable bonds is 4. The van der Waals surface area contributed by atoms with Gasteiger partial charge in [0.15, 0.2) is 5.82 Å². The zero-order valence-electron chi connectivity index (χ0n) is 15.5. The molecule has 0 spiro atoms. The monoisotopic (exact) mass is 353 g/mol. The first kappa shape index (κ1) is 16.8. The highest BCUT2D eigenvalue weighted by molar-refractivity contribution is 5.57. The third kappa shape index (κ3) is 2.80. The van der Waals surface area contributed by atoms with E-state index in [-0.39, 0.29) is 5.92 Å². The van der Waals surface area contributed by atoms with Crippen LogP contribution in [0.25, 0.3) is 17.4 Å². The Labute approximate surface area is 151 Å². The van der Waals surface area contributed by atoms with E-state index in [1.165, 1.54) is 0 Å². The fourth-order valence-corrected chi connectivity index (χ4v) is 3.21. The van der Waals surface area contributed by atoms with E-state index in [9.17, 15) is 0 Å². The van der Waals surface area contributed by atoms with E-state index < -0.39 is 5.54 Å². The van der Waals surface area contributed by atoms with Crippen LogP contribution in [0.2, 0.25) is 0 Å². The molecule has 0 radical (unpaired) electrons. The van der Waals surface area contributed by atoms with Gasteiger partial charge in [-0.3, -0.25) is 0 Å². The fraction of sp³-hybridized carbons (Fsp3) is 0.500. The molecule has 8 heteroatoms. The maximum atomic E-state index is 6.32. The molecule has 8 nitrogen and oxygen atoms in total. The van der Waals surface area contributed by atoms with Gasteiger partial charge in [0.05, 0.1) is 16.8 Å². The van der Waals surface area contributed by atoms with Crippen LogP contribution in [0.15, 0.2) is 16.8 Å². The van der Waals surface area contributed by atoms with Gasteiger partial charge >= 0.3 is 0 Å². The first-order chi connectivity index (χ1) is 12.4. The maximum Gasteiger partial charge on any atom is 0.261 e. The Kier molecular flexibility index (Phi) is 3.87. The Morgan fingerprint density at radius 3 is 2.42 bits per heavy atom. The third-order valence-corrected chi connectivity index (χ3v) is 4.81. The van der Waals surface area contributed by atoms with E-state index >= 15 is 0 Å². The molecule has 0 saturated heterocycles. The molecule has 1 saturated carbocycles. The van der Waals surface area contributed by atoms with Crippen molar-refractivity contribution in [3.8, 4) is 17.4 Å². The third-order valence-electron chi connectivity index (χ3n) is 4.81. The van der Waals surface area contributed by atoms with Crippen LogP contribution in [-0.2, 0) is 5.54 Å². The summed E-state index contributed by atoms with van der Waals surface area (Å²) in [5.41, 5.74) is 9.31. The molecule has 0 bridgehead atoms. The number of aryl methyl sites for hydroxylation is 2. The van der Waals surface area contributed by atoms with Crippen molar-refractivity contribution in [3.63, 3.8) is 0 Å². The molecular formula is C18H23N7O. The minimum absolute atomic E-state index is 0.183. The summed E-state index contributed by atoms with van der Waals surface area (Å²) in [6, 6.07) is 1.93. The molecule has 0 aromatic carbocycles. The predicted molar refractivity (Wildman–Crippen MR) is 95.7 cm³/mol. The molecule has 1 fully saturated rings. The van der Waals surface area contributed by atoms with Crippen LogP contribution in [0.3, 0.4) is 0 Å². The molecule has 1 aliphatic carbocycles. The van der Waals surface area contributed by atoms with E-state index in [0.717, 1.165) is 41.9 Å². The van der Waals surface area contributed by atoms with Crippen molar-refractivity contribution in [2.24, 2.45) is 5.73 Å². The number of hydrogen-bond donors (Lipinski definition) is 1. The zero-order chi connectivity index (χ0) is 18.5. The van der Waals surface area contributed by atoms with E-state index in [2.05, 4.69) is 39.1 Å². The maximum absolute atomic E-state index is 6.32. The average Bonchev–Trinajstić information content (AvgIpc) is 3.18. The Morgan fingerprint density at radius 1 is 1.15 bits per heavy atom. The lowest BCUT2D eigenvalue weighted by Gasteiger charge is -2.34. The lowest BCUT2D eigenvalue weighted by atomic mass is 9.77. The average molecular weight is 353 g/mol. The molecule has 0 atom stereocenters. The topological polar surface area (TPSA) is 109 Å². The van der Waals surface area contributed by atoms with Gasteiger partial charge in [0.2, 0.25) is 0 Å². The van der Waals surface area contributed by atoms with E-state index in [1.807, 2.05) is 26.1 Å². The molecule has 0 unspecified atom stereocenters. The molecule has 3 aromatic heterocycles. The van der Waals surface area contributed by atoms with Gasteiger partial charge in [-0.25, -0.2) is 14.6 Å². The normalized spacial score (nSPS) is 16.1. The van der Waals surface area contributed by atoms with Crippen molar-refractivity contribution in [3.05, 3.63) is 35.2 Å². The van der Waals surface area contributed by atoms with Crippen LogP contribution in [0, 0.1) is 13.8 Å². The number of aromatic nitrogens is 6. The Hall–Kier alpha value is -2.61. The molecule has 4 rings (SSSR count). The summed E-state index contributed by atoms with van der Waals surface area (Å²) in [7, 11) is 0. The van der Waals surface area contributed by atoms with Crippen molar-refractivity contribution in [1.82, 2.24) is 29.9 Å². The molecule has 3 aromatic rings. The SMILES string of the molecule is Cc1cc(C)nc(-n2cc(-c3nc(C4(N)CCC4)no3)c(C(C)C)n2)n1. The molecule has 0 amide bonds. The number of nitrogens with zero attached hydrogens (tertiary/aromatic N) is 6. The molecule has 0 aliphatic heterocycles.